The maximum Gasteiger partial charge on any atom is 0.321 e. The van der Waals surface area contributed by atoms with E-state index < -0.39 is 17.3 Å². The predicted molar refractivity (Wildman–Crippen MR) is 104 cm³/mol. The molecule has 1 spiro atoms. The Labute approximate surface area is 158 Å². The van der Waals surface area contributed by atoms with Gasteiger partial charge in [-0.3, -0.25) is 0 Å². The number of aliphatic hydroxyl groups excluding tert-OH is 1. The number of ether oxygens (including phenoxy) is 1. The first-order valence-corrected chi connectivity index (χ1v) is 9.46. The maximum absolute atomic E-state index is 12.6. The van der Waals surface area contributed by atoms with E-state index in [-0.39, 0.29) is 12.6 Å². The molecule has 2 aromatic carbocycles. The molecular weight excluding hydrogens is 344 g/mol. The second kappa shape index (κ2) is 6.78. The van der Waals surface area contributed by atoms with Gasteiger partial charge in [-0.15, -0.1) is 0 Å². The lowest BCUT2D eigenvalue weighted by molar-refractivity contribution is -0.221. The zero-order valence-corrected chi connectivity index (χ0v) is 15.5. The van der Waals surface area contributed by atoms with Crippen LogP contribution in [0.3, 0.4) is 0 Å². The number of nitrogens with one attached hydrogen (secondary N) is 1. The zero-order valence-electron chi connectivity index (χ0n) is 15.5. The summed E-state index contributed by atoms with van der Waals surface area (Å²) >= 11 is 0. The Kier molecular flexibility index (Phi) is 4.58. The van der Waals surface area contributed by atoms with Crippen molar-refractivity contribution in [1.82, 2.24) is 4.90 Å². The molecule has 3 N–H and O–H groups in total. The van der Waals surface area contributed by atoms with Crippen LogP contribution >= 0.6 is 0 Å². The van der Waals surface area contributed by atoms with Gasteiger partial charge in [0.05, 0.1) is 17.8 Å². The maximum atomic E-state index is 12.6. The van der Waals surface area contributed by atoms with Crippen LogP contribution in [-0.2, 0) is 4.74 Å². The highest BCUT2D eigenvalue weighted by atomic mass is 16.5. The molecule has 2 amide bonds. The number of likely N-dealkylation sites (tertiary alicyclic amines) is 1. The number of anilines is 1. The molecule has 2 aromatic rings. The molecule has 0 aliphatic carbocycles. The summed E-state index contributed by atoms with van der Waals surface area (Å²) in [5.74, 6) is 0. The van der Waals surface area contributed by atoms with Crippen LogP contribution < -0.4 is 5.32 Å². The highest BCUT2D eigenvalue weighted by molar-refractivity contribution is 5.93. The lowest BCUT2D eigenvalue weighted by Crippen LogP contribution is -2.59. The van der Waals surface area contributed by atoms with Gasteiger partial charge in [-0.2, -0.15) is 0 Å². The molecule has 2 heterocycles. The lowest BCUT2D eigenvalue weighted by Gasteiger charge is -2.49. The van der Waals surface area contributed by atoms with Crippen LogP contribution in [0.2, 0.25) is 0 Å². The Balaban J connectivity index is 1.38. The average Bonchev–Trinajstić information content (AvgIpc) is 2.65. The molecule has 0 unspecified atom stereocenters. The summed E-state index contributed by atoms with van der Waals surface area (Å²) in [6, 6.07) is 13.8. The second-order valence-corrected chi connectivity index (χ2v) is 8.02. The third kappa shape index (κ3) is 3.65. The molecule has 0 bridgehead atoms. The molecule has 2 saturated heterocycles. The topological polar surface area (TPSA) is 82.0 Å². The number of rotatable bonds is 1. The van der Waals surface area contributed by atoms with E-state index in [4.69, 9.17) is 4.74 Å². The Morgan fingerprint density at radius 2 is 1.89 bits per heavy atom. The van der Waals surface area contributed by atoms with Gasteiger partial charge in [0.15, 0.2) is 0 Å². The van der Waals surface area contributed by atoms with E-state index in [1.54, 1.807) is 11.8 Å². The van der Waals surface area contributed by atoms with Gasteiger partial charge in [-0.05, 0) is 42.7 Å². The van der Waals surface area contributed by atoms with Gasteiger partial charge in [0.2, 0.25) is 0 Å². The van der Waals surface area contributed by atoms with Crippen molar-refractivity contribution in [2.45, 2.75) is 43.5 Å². The molecule has 0 radical (unpaired) electrons. The monoisotopic (exact) mass is 370 g/mol. The Hall–Kier alpha value is -2.15. The fourth-order valence-electron chi connectivity index (χ4n) is 4.16. The van der Waals surface area contributed by atoms with Crippen LogP contribution in [0.4, 0.5) is 10.5 Å². The summed E-state index contributed by atoms with van der Waals surface area (Å²) in [5.41, 5.74) is -0.824. The van der Waals surface area contributed by atoms with Crippen LogP contribution in [0, 0.1) is 0 Å². The molecule has 2 fully saturated rings. The first-order chi connectivity index (χ1) is 12.9. The number of nitrogens with zero attached hydrogens (tertiary/aromatic N) is 1. The number of carbonyl (C=O) groups is 1. The van der Waals surface area contributed by atoms with E-state index in [0.717, 1.165) is 16.5 Å². The van der Waals surface area contributed by atoms with Crippen LogP contribution in [0.5, 0.6) is 0 Å². The largest absolute Gasteiger partial charge is 0.388 e. The summed E-state index contributed by atoms with van der Waals surface area (Å²) in [4.78, 5) is 14.4. The molecule has 6 heteroatoms. The summed E-state index contributed by atoms with van der Waals surface area (Å²) in [6.07, 6.45) is 0.834. The number of amides is 2. The minimum absolute atomic E-state index is 0.122. The van der Waals surface area contributed by atoms with Gasteiger partial charge in [-0.25, -0.2) is 4.79 Å². The molecule has 0 saturated carbocycles. The summed E-state index contributed by atoms with van der Waals surface area (Å²) in [6.45, 7) is 2.91. The van der Waals surface area contributed by atoms with Crippen molar-refractivity contribution >= 4 is 22.5 Å². The number of fused-ring (bicyclic) bond motifs is 1. The third-order valence-corrected chi connectivity index (χ3v) is 5.91. The van der Waals surface area contributed by atoms with E-state index in [2.05, 4.69) is 5.32 Å². The van der Waals surface area contributed by atoms with Gasteiger partial charge in [0.25, 0.3) is 0 Å². The predicted octanol–water partition coefficient (Wildman–Crippen LogP) is 2.74. The zero-order chi connectivity index (χ0) is 19.1. The van der Waals surface area contributed by atoms with Crippen molar-refractivity contribution in [1.29, 1.82) is 0 Å². The smallest absolute Gasteiger partial charge is 0.321 e. The van der Waals surface area contributed by atoms with Crippen LogP contribution in [0.25, 0.3) is 10.8 Å². The van der Waals surface area contributed by atoms with Crippen LogP contribution in [-0.4, -0.2) is 58.1 Å². The summed E-state index contributed by atoms with van der Waals surface area (Å²) < 4.78 is 5.88. The van der Waals surface area contributed by atoms with Gasteiger partial charge in [0, 0.05) is 25.2 Å². The van der Waals surface area contributed by atoms with Crippen molar-refractivity contribution in [3.8, 4) is 0 Å². The number of aliphatic hydroxyl groups is 2. The van der Waals surface area contributed by atoms with Gasteiger partial charge < -0.3 is 25.2 Å². The normalized spacial score (nSPS) is 27.7. The van der Waals surface area contributed by atoms with Gasteiger partial charge >= 0.3 is 6.03 Å². The first-order valence-electron chi connectivity index (χ1n) is 9.46. The molecule has 2 aliphatic rings. The van der Waals surface area contributed by atoms with Crippen molar-refractivity contribution in [3.05, 3.63) is 42.5 Å². The van der Waals surface area contributed by atoms with Crippen LogP contribution in [0.15, 0.2) is 42.5 Å². The van der Waals surface area contributed by atoms with Gasteiger partial charge in [0.1, 0.15) is 6.10 Å². The molecule has 4 rings (SSSR count). The number of benzene rings is 2. The third-order valence-electron chi connectivity index (χ3n) is 5.91. The standard InChI is InChI=1S/C21H26N2O4/c1-20(26)14-21(27-13-18(20)24)8-10-23(11-9-21)19(25)22-17-7-6-15-4-2-3-5-16(15)12-17/h2-7,12,18,24,26H,8-11,13-14H2,1H3,(H,22,25)/t18-,20-/m0/s1. The van der Waals surface area contributed by atoms with Gasteiger partial charge in [-0.1, -0.05) is 30.3 Å². The molecule has 2 atom stereocenters. The number of urea groups is 1. The molecular formula is C21H26N2O4. The van der Waals surface area contributed by atoms with Crippen molar-refractivity contribution in [2.75, 3.05) is 25.0 Å². The number of hydrogen-bond donors (Lipinski definition) is 3. The minimum Gasteiger partial charge on any atom is -0.388 e. The minimum atomic E-state index is -1.15. The van der Waals surface area contributed by atoms with E-state index >= 15 is 0 Å². The second-order valence-electron chi connectivity index (χ2n) is 8.02. The average molecular weight is 370 g/mol. The van der Waals surface area contributed by atoms with Crippen molar-refractivity contribution < 1.29 is 19.7 Å². The van der Waals surface area contributed by atoms with E-state index in [1.807, 2.05) is 42.5 Å². The molecule has 6 nitrogen and oxygen atoms in total. The molecule has 0 aromatic heterocycles. The molecule has 27 heavy (non-hydrogen) atoms. The summed E-state index contributed by atoms with van der Waals surface area (Å²) in [5, 5.41) is 25.5. The highest BCUT2D eigenvalue weighted by Crippen LogP contribution is 2.39. The molecule has 144 valence electrons. The van der Waals surface area contributed by atoms with Crippen molar-refractivity contribution in [3.63, 3.8) is 0 Å². The fraction of sp³-hybridized carbons (Fsp3) is 0.476. The van der Waals surface area contributed by atoms with E-state index in [9.17, 15) is 15.0 Å². The quantitative estimate of drug-likeness (QED) is 0.721. The number of hydrogen-bond acceptors (Lipinski definition) is 4. The Bertz CT molecular complexity index is 843. The summed E-state index contributed by atoms with van der Waals surface area (Å²) in [7, 11) is 0. The number of piperidine rings is 1. The highest BCUT2D eigenvalue weighted by Gasteiger charge is 2.48. The van der Waals surface area contributed by atoms with Crippen LogP contribution in [0.1, 0.15) is 26.2 Å². The van der Waals surface area contributed by atoms with Crippen molar-refractivity contribution in [2.24, 2.45) is 0 Å². The van der Waals surface area contributed by atoms with E-state index in [1.165, 1.54) is 0 Å². The Morgan fingerprint density at radius 1 is 1.19 bits per heavy atom. The first kappa shape index (κ1) is 18.2. The molecule has 2 aliphatic heterocycles. The van der Waals surface area contributed by atoms with E-state index in [0.29, 0.717) is 32.4 Å². The lowest BCUT2D eigenvalue weighted by atomic mass is 9.77. The SMILES string of the molecule is C[C@]1(O)CC2(CCN(C(=O)Nc3ccc4ccccc4c3)CC2)OC[C@@H]1O. The number of carbonyl (C=O) groups excluding carboxylic acids is 1. The Morgan fingerprint density at radius 3 is 2.59 bits per heavy atom. The fourth-order valence-corrected chi connectivity index (χ4v) is 4.16.